The Morgan fingerprint density at radius 3 is 2.75 bits per heavy atom. The Labute approximate surface area is 144 Å². The predicted molar refractivity (Wildman–Crippen MR) is 92.3 cm³/mol. The summed E-state index contributed by atoms with van der Waals surface area (Å²) in [6.45, 7) is 2.58. The van der Waals surface area contributed by atoms with Crippen LogP contribution in [0.15, 0.2) is 42.6 Å². The number of halogens is 1. The van der Waals surface area contributed by atoms with E-state index in [1.165, 1.54) is 0 Å². The van der Waals surface area contributed by atoms with Crippen LogP contribution in [0, 0.1) is 6.92 Å². The number of nitrogens with zero attached hydrogens (tertiary/aromatic N) is 4. The third-order valence-electron chi connectivity index (χ3n) is 4.22. The first-order valence-corrected chi connectivity index (χ1v) is 8.14. The number of aryl methyl sites for hydroxylation is 1. The molecule has 6 nitrogen and oxygen atoms in total. The SMILES string of the molecule is Cc1nc2ccc(NC(=O)N3CCC3c3ccc(Cl)cc3)cn2n1. The lowest BCUT2D eigenvalue weighted by molar-refractivity contribution is 0.126. The molecule has 0 bridgehead atoms. The fourth-order valence-corrected chi connectivity index (χ4v) is 3.05. The number of nitrogens with one attached hydrogen (secondary N) is 1. The highest BCUT2D eigenvalue weighted by Gasteiger charge is 2.33. The molecule has 1 unspecified atom stereocenters. The van der Waals surface area contributed by atoms with E-state index in [0.717, 1.165) is 24.2 Å². The van der Waals surface area contributed by atoms with Crippen LogP contribution < -0.4 is 5.32 Å². The van der Waals surface area contributed by atoms with E-state index in [-0.39, 0.29) is 12.1 Å². The molecule has 122 valence electrons. The Bertz CT molecular complexity index is 905. The number of hydrogen-bond donors (Lipinski definition) is 1. The van der Waals surface area contributed by atoms with Gasteiger partial charge in [-0.25, -0.2) is 14.3 Å². The number of anilines is 1. The summed E-state index contributed by atoms with van der Waals surface area (Å²) < 4.78 is 1.66. The van der Waals surface area contributed by atoms with E-state index in [4.69, 9.17) is 11.6 Å². The number of likely N-dealkylation sites (tertiary alicyclic amines) is 1. The number of carbonyl (C=O) groups excluding carboxylic acids is 1. The minimum absolute atomic E-state index is 0.0969. The van der Waals surface area contributed by atoms with Crippen molar-refractivity contribution >= 4 is 29.0 Å². The molecule has 0 aliphatic carbocycles. The fourth-order valence-electron chi connectivity index (χ4n) is 2.93. The summed E-state index contributed by atoms with van der Waals surface area (Å²) in [5.41, 5.74) is 2.55. The first kappa shape index (κ1) is 15.0. The van der Waals surface area contributed by atoms with Crippen LogP contribution in [-0.4, -0.2) is 32.1 Å². The highest BCUT2D eigenvalue weighted by molar-refractivity contribution is 6.30. The van der Waals surface area contributed by atoms with Crippen LogP contribution >= 0.6 is 11.6 Å². The van der Waals surface area contributed by atoms with Crippen molar-refractivity contribution in [3.63, 3.8) is 0 Å². The van der Waals surface area contributed by atoms with E-state index in [2.05, 4.69) is 15.4 Å². The third kappa shape index (κ3) is 2.69. The number of benzene rings is 1. The Morgan fingerprint density at radius 2 is 2.04 bits per heavy atom. The average molecular weight is 342 g/mol. The second kappa shape index (κ2) is 5.79. The molecule has 7 heteroatoms. The van der Waals surface area contributed by atoms with Crippen molar-refractivity contribution in [2.45, 2.75) is 19.4 Å². The smallest absolute Gasteiger partial charge is 0.317 e. The average Bonchev–Trinajstić information content (AvgIpc) is 2.87. The van der Waals surface area contributed by atoms with Crippen molar-refractivity contribution in [3.8, 4) is 0 Å². The van der Waals surface area contributed by atoms with E-state index in [1.807, 2.05) is 48.2 Å². The molecule has 0 radical (unpaired) electrons. The highest BCUT2D eigenvalue weighted by Crippen LogP contribution is 2.34. The second-order valence-electron chi connectivity index (χ2n) is 5.86. The lowest BCUT2D eigenvalue weighted by atomic mass is 9.95. The Balaban J connectivity index is 1.49. The summed E-state index contributed by atoms with van der Waals surface area (Å²) in [4.78, 5) is 18.6. The molecular formula is C17H16ClN5O. The second-order valence-corrected chi connectivity index (χ2v) is 6.30. The summed E-state index contributed by atoms with van der Waals surface area (Å²) in [5.74, 6) is 0.698. The lowest BCUT2D eigenvalue weighted by Gasteiger charge is -2.41. The molecule has 3 heterocycles. The van der Waals surface area contributed by atoms with E-state index < -0.39 is 0 Å². The number of hydrogen-bond acceptors (Lipinski definition) is 3. The first-order valence-electron chi connectivity index (χ1n) is 7.76. The van der Waals surface area contributed by atoms with Crippen molar-refractivity contribution in [3.05, 3.63) is 59.0 Å². The third-order valence-corrected chi connectivity index (χ3v) is 4.48. The van der Waals surface area contributed by atoms with Gasteiger partial charge in [0.25, 0.3) is 0 Å². The molecule has 3 aromatic rings. The van der Waals surface area contributed by atoms with Gasteiger partial charge in [0, 0.05) is 11.6 Å². The quantitative estimate of drug-likeness (QED) is 0.773. The molecule has 0 saturated carbocycles. The Morgan fingerprint density at radius 1 is 1.25 bits per heavy atom. The number of aromatic nitrogens is 3. The number of amides is 2. The zero-order valence-electron chi connectivity index (χ0n) is 13.1. The van der Waals surface area contributed by atoms with Crippen LogP contribution in [0.5, 0.6) is 0 Å². The molecular weight excluding hydrogens is 326 g/mol. The summed E-state index contributed by atoms with van der Waals surface area (Å²) in [6.07, 6.45) is 2.72. The van der Waals surface area contributed by atoms with Crippen molar-refractivity contribution < 1.29 is 4.79 Å². The van der Waals surface area contributed by atoms with Crippen LogP contribution in [0.2, 0.25) is 5.02 Å². The van der Waals surface area contributed by atoms with Gasteiger partial charge < -0.3 is 10.2 Å². The van der Waals surface area contributed by atoms with Gasteiger partial charge in [0.2, 0.25) is 0 Å². The van der Waals surface area contributed by atoms with Crippen LogP contribution in [0.4, 0.5) is 10.5 Å². The van der Waals surface area contributed by atoms with Crippen LogP contribution in [0.25, 0.3) is 5.65 Å². The number of carbonyl (C=O) groups is 1. The molecule has 1 aromatic carbocycles. The summed E-state index contributed by atoms with van der Waals surface area (Å²) in [7, 11) is 0. The number of pyridine rings is 1. The molecule has 1 aliphatic rings. The molecule has 1 fully saturated rings. The monoisotopic (exact) mass is 341 g/mol. The van der Waals surface area contributed by atoms with Gasteiger partial charge in [-0.1, -0.05) is 23.7 Å². The number of fused-ring (bicyclic) bond motifs is 1. The normalized spacial score (nSPS) is 16.9. The summed E-state index contributed by atoms with van der Waals surface area (Å²) >= 11 is 5.93. The maximum atomic E-state index is 12.5. The minimum Gasteiger partial charge on any atom is -0.317 e. The molecule has 1 aliphatic heterocycles. The minimum atomic E-state index is -0.114. The van der Waals surface area contributed by atoms with E-state index in [9.17, 15) is 4.79 Å². The van der Waals surface area contributed by atoms with Gasteiger partial charge in [-0.2, -0.15) is 5.10 Å². The number of urea groups is 1. The van der Waals surface area contributed by atoms with Crippen molar-refractivity contribution in [2.24, 2.45) is 0 Å². The van der Waals surface area contributed by atoms with Crippen LogP contribution in [-0.2, 0) is 0 Å². The van der Waals surface area contributed by atoms with E-state index >= 15 is 0 Å². The van der Waals surface area contributed by atoms with Gasteiger partial charge in [-0.05, 0) is 43.2 Å². The van der Waals surface area contributed by atoms with Crippen LogP contribution in [0.1, 0.15) is 23.9 Å². The molecule has 2 amide bonds. The zero-order chi connectivity index (χ0) is 16.7. The van der Waals surface area contributed by atoms with E-state index in [0.29, 0.717) is 16.5 Å². The molecule has 0 spiro atoms. The van der Waals surface area contributed by atoms with Gasteiger partial charge in [0.1, 0.15) is 5.82 Å². The Kier molecular flexibility index (Phi) is 3.61. The van der Waals surface area contributed by atoms with Gasteiger partial charge in [-0.15, -0.1) is 0 Å². The molecule has 1 N–H and O–H groups in total. The number of rotatable bonds is 2. The summed E-state index contributed by atoms with van der Waals surface area (Å²) in [6, 6.07) is 11.3. The zero-order valence-corrected chi connectivity index (χ0v) is 13.9. The molecule has 1 atom stereocenters. The maximum Gasteiger partial charge on any atom is 0.322 e. The van der Waals surface area contributed by atoms with Gasteiger partial charge >= 0.3 is 6.03 Å². The molecule has 4 rings (SSSR count). The lowest BCUT2D eigenvalue weighted by Crippen LogP contribution is -2.47. The van der Waals surface area contributed by atoms with Gasteiger partial charge in [0.05, 0.1) is 17.9 Å². The topological polar surface area (TPSA) is 62.5 Å². The van der Waals surface area contributed by atoms with Crippen molar-refractivity contribution in [2.75, 3.05) is 11.9 Å². The maximum absolute atomic E-state index is 12.5. The first-order chi connectivity index (χ1) is 11.6. The van der Waals surface area contributed by atoms with E-state index in [1.54, 1.807) is 10.7 Å². The van der Waals surface area contributed by atoms with Crippen molar-refractivity contribution in [1.82, 2.24) is 19.5 Å². The predicted octanol–water partition coefficient (Wildman–Crippen LogP) is 3.67. The van der Waals surface area contributed by atoms with Gasteiger partial charge in [0.15, 0.2) is 5.65 Å². The Hall–Kier alpha value is -2.60. The highest BCUT2D eigenvalue weighted by atomic mass is 35.5. The largest absolute Gasteiger partial charge is 0.322 e. The van der Waals surface area contributed by atoms with Crippen LogP contribution in [0.3, 0.4) is 0 Å². The van der Waals surface area contributed by atoms with Gasteiger partial charge in [-0.3, -0.25) is 0 Å². The molecule has 1 saturated heterocycles. The standard InChI is InChI=1S/C17H16ClN5O/c1-11-19-16-7-6-14(10-23(16)21-11)20-17(24)22-9-8-15(22)12-2-4-13(18)5-3-12/h2-7,10,15H,8-9H2,1H3,(H,20,24). The molecule has 2 aromatic heterocycles. The summed E-state index contributed by atoms with van der Waals surface area (Å²) in [5, 5.41) is 7.89. The van der Waals surface area contributed by atoms with Crippen molar-refractivity contribution in [1.29, 1.82) is 0 Å². The molecule has 24 heavy (non-hydrogen) atoms. The fraction of sp³-hybridized carbons (Fsp3) is 0.235.